The molecular weight excluding hydrogens is 663 g/mol. The Morgan fingerprint density at radius 2 is 0.882 bits per heavy atom. The van der Waals surface area contributed by atoms with Gasteiger partial charge in [0.05, 0.1) is 13.2 Å². The lowest BCUT2D eigenvalue weighted by atomic mass is 10.1. The molecule has 0 aromatic heterocycles. The number of hydrogen-bond acceptors (Lipinski definition) is 7. The second-order valence-corrected chi connectivity index (χ2v) is 15.5. The summed E-state index contributed by atoms with van der Waals surface area (Å²) < 4.78 is 32.6. The van der Waals surface area contributed by atoms with E-state index >= 15 is 0 Å². The fourth-order valence-electron chi connectivity index (χ4n) is 5.85. The highest BCUT2D eigenvalue weighted by Gasteiger charge is 2.25. The van der Waals surface area contributed by atoms with Crippen molar-refractivity contribution in [1.29, 1.82) is 0 Å². The van der Waals surface area contributed by atoms with Gasteiger partial charge >= 0.3 is 19.8 Å². The molecular formula is C42H79O8P. The molecule has 9 heteroatoms. The Morgan fingerprint density at radius 1 is 0.510 bits per heavy atom. The van der Waals surface area contributed by atoms with E-state index < -0.39 is 26.5 Å². The Labute approximate surface area is 313 Å². The number of rotatable bonds is 39. The highest BCUT2D eigenvalue weighted by molar-refractivity contribution is 7.47. The van der Waals surface area contributed by atoms with Gasteiger partial charge in [0, 0.05) is 12.8 Å². The van der Waals surface area contributed by atoms with E-state index in [0.717, 1.165) is 64.2 Å². The van der Waals surface area contributed by atoms with Gasteiger partial charge in [0.1, 0.15) is 6.61 Å². The number of allylic oxidation sites excluding steroid dienone is 4. The maximum Gasteiger partial charge on any atom is 0.472 e. The minimum Gasteiger partial charge on any atom is -0.462 e. The summed E-state index contributed by atoms with van der Waals surface area (Å²) in [5, 5.41) is 0. The molecule has 0 amide bonds. The lowest BCUT2D eigenvalue weighted by molar-refractivity contribution is -0.161. The van der Waals surface area contributed by atoms with E-state index in [9.17, 15) is 19.0 Å². The molecule has 0 spiro atoms. The molecule has 0 saturated heterocycles. The van der Waals surface area contributed by atoms with Crippen LogP contribution in [0, 0.1) is 0 Å². The number of hydrogen-bond donors (Lipinski definition) is 1. The predicted octanol–water partition coefficient (Wildman–Crippen LogP) is 13.1. The molecule has 0 aliphatic heterocycles. The number of carbonyl (C=O) groups is 2. The Balaban J connectivity index is 4.09. The quantitative estimate of drug-likeness (QED) is 0.0287. The van der Waals surface area contributed by atoms with E-state index in [0.29, 0.717) is 6.42 Å². The van der Waals surface area contributed by atoms with E-state index in [4.69, 9.17) is 18.5 Å². The van der Waals surface area contributed by atoms with Crippen molar-refractivity contribution in [1.82, 2.24) is 0 Å². The molecule has 0 bridgehead atoms. The lowest BCUT2D eigenvalue weighted by Gasteiger charge is -2.19. The van der Waals surface area contributed by atoms with Crippen LogP contribution in [0.3, 0.4) is 0 Å². The first-order chi connectivity index (χ1) is 24.8. The minimum absolute atomic E-state index is 0.000547. The topological polar surface area (TPSA) is 108 Å². The first-order valence-electron chi connectivity index (χ1n) is 21.1. The number of carbonyl (C=O) groups excluding carboxylic acids is 2. The zero-order valence-corrected chi connectivity index (χ0v) is 34.2. The van der Waals surface area contributed by atoms with Crippen LogP contribution in [0.15, 0.2) is 24.3 Å². The largest absolute Gasteiger partial charge is 0.472 e. The molecule has 51 heavy (non-hydrogen) atoms. The van der Waals surface area contributed by atoms with Gasteiger partial charge in [-0.3, -0.25) is 18.6 Å². The molecule has 1 N–H and O–H groups in total. The van der Waals surface area contributed by atoms with Crippen LogP contribution in [0.1, 0.15) is 207 Å². The normalized spacial score (nSPS) is 13.6. The van der Waals surface area contributed by atoms with Gasteiger partial charge in [-0.2, -0.15) is 0 Å². The van der Waals surface area contributed by atoms with E-state index in [2.05, 4.69) is 38.2 Å². The smallest absolute Gasteiger partial charge is 0.462 e. The molecule has 300 valence electrons. The SMILES string of the molecule is CCCCCC/C=C\CCCCCCCC(=O)OCC(COP(=O)(O)OCC)OC(=O)CCCCCCCCC/C=C\CCCCCCCCC. The van der Waals surface area contributed by atoms with Gasteiger partial charge in [-0.15, -0.1) is 0 Å². The van der Waals surface area contributed by atoms with E-state index in [1.54, 1.807) is 6.92 Å². The molecule has 0 aromatic rings. The predicted molar refractivity (Wildman–Crippen MR) is 212 cm³/mol. The summed E-state index contributed by atoms with van der Waals surface area (Å²) in [6.07, 6.45) is 40.8. The van der Waals surface area contributed by atoms with Crippen molar-refractivity contribution in [3.63, 3.8) is 0 Å². The van der Waals surface area contributed by atoms with Crippen molar-refractivity contribution in [2.24, 2.45) is 0 Å². The van der Waals surface area contributed by atoms with Gasteiger partial charge in [0.2, 0.25) is 0 Å². The second kappa shape index (κ2) is 38.3. The van der Waals surface area contributed by atoms with E-state index in [1.165, 1.54) is 103 Å². The van der Waals surface area contributed by atoms with Crippen molar-refractivity contribution in [2.45, 2.75) is 213 Å². The summed E-state index contributed by atoms with van der Waals surface area (Å²) in [6, 6.07) is 0. The summed E-state index contributed by atoms with van der Waals surface area (Å²) in [5.41, 5.74) is 0. The maximum absolute atomic E-state index is 12.5. The molecule has 0 fully saturated rings. The zero-order chi connectivity index (χ0) is 37.5. The third-order valence-corrected chi connectivity index (χ3v) is 10.0. The highest BCUT2D eigenvalue weighted by Crippen LogP contribution is 2.43. The Hall–Kier alpha value is -1.47. The van der Waals surface area contributed by atoms with Crippen LogP contribution >= 0.6 is 7.82 Å². The number of esters is 2. The summed E-state index contributed by atoms with van der Waals surface area (Å²) in [7, 11) is -4.28. The molecule has 0 aromatic carbocycles. The summed E-state index contributed by atoms with van der Waals surface area (Å²) in [5.74, 6) is -0.808. The van der Waals surface area contributed by atoms with Crippen LogP contribution < -0.4 is 0 Å². The minimum atomic E-state index is -4.28. The Morgan fingerprint density at radius 3 is 1.31 bits per heavy atom. The zero-order valence-electron chi connectivity index (χ0n) is 33.3. The Kier molecular flexibility index (Phi) is 37.2. The molecule has 0 radical (unpaired) electrons. The van der Waals surface area contributed by atoms with Gasteiger partial charge in [0.15, 0.2) is 6.10 Å². The Bertz CT molecular complexity index is 890. The molecule has 2 unspecified atom stereocenters. The van der Waals surface area contributed by atoms with Crippen molar-refractivity contribution in [2.75, 3.05) is 19.8 Å². The molecule has 0 aliphatic rings. The average Bonchev–Trinajstić information content (AvgIpc) is 3.10. The summed E-state index contributed by atoms with van der Waals surface area (Å²) in [4.78, 5) is 34.7. The van der Waals surface area contributed by atoms with Gasteiger partial charge < -0.3 is 14.4 Å². The number of phosphoric ester groups is 1. The van der Waals surface area contributed by atoms with Crippen LogP contribution in [-0.4, -0.2) is 42.8 Å². The van der Waals surface area contributed by atoms with Gasteiger partial charge in [-0.25, -0.2) is 4.57 Å². The third kappa shape index (κ3) is 38.1. The molecule has 0 saturated carbocycles. The number of ether oxygens (including phenoxy) is 2. The lowest BCUT2D eigenvalue weighted by Crippen LogP contribution is -2.29. The standard InChI is InChI=1S/C42H79O8P/c1-4-7-9-11-13-15-17-19-20-21-22-23-25-27-29-31-33-35-37-42(44)50-40(39-49-51(45,46)48-6-3)38-47-41(43)36-34-32-30-28-26-24-18-16-14-12-10-8-5-2/h16,18,20-21,40H,4-15,17,19,22-39H2,1-3H3,(H,45,46)/b18-16-,21-20-. The molecule has 0 aliphatic carbocycles. The first kappa shape index (κ1) is 49.5. The van der Waals surface area contributed by atoms with E-state index in [1.807, 2.05) is 0 Å². The number of phosphoric acid groups is 1. The summed E-state index contributed by atoms with van der Waals surface area (Å²) in [6.45, 7) is 5.45. The fraction of sp³-hybridized carbons (Fsp3) is 0.857. The third-order valence-electron chi connectivity index (χ3n) is 8.98. The monoisotopic (exact) mass is 743 g/mol. The van der Waals surface area contributed by atoms with Crippen LogP contribution in [0.5, 0.6) is 0 Å². The van der Waals surface area contributed by atoms with Gasteiger partial charge in [-0.05, 0) is 71.1 Å². The van der Waals surface area contributed by atoms with Crippen LogP contribution in [0.4, 0.5) is 0 Å². The van der Waals surface area contributed by atoms with Crippen LogP contribution in [0.25, 0.3) is 0 Å². The second-order valence-electron chi connectivity index (χ2n) is 14.0. The molecule has 0 rings (SSSR count). The van der Waals surface area contributed by atoms with Crippen molar-refractivity contribution in [3.8, 4) is 0 Å². The summed E-state index contributed by atoms with van der Waals surface area (Å²) >= 11 is 0. The van der Waals surface area contributed by atoms with Crippen LogP contribution in [0.2, 0.25) is 0 Å². The van der Waals surface area contributed by atoms with E-state index in [-0.39, 0.29) is 32.0 Å². The molecule has 0 heterocycles. The van der Waals surface area contributed by atoms with Gasteiger partial charge in [0.25, 0.3) is 0 Å². The number of unbranched alkanes of at least 4 members (excludes halogenated alkanes) is 23. The average molecular weight is 743 g/mol. The molecule has 2 atom stereocenters. The van der Waals surface area contributed by atoms with Crippen molar-refractivity contribution >= 4 is 19.8 Å². The fourth-order valence-corrected chi connectivity index (χ4v) is 6.61. The van der Waals surface area contributed by atoms with Crippen LogP contribution in [-0.2, 0) is 32.7 Å². The maximum atomic E-state index is 12.5. The highest BCUT2D eigenvalue weighted by atomic mass is 31.2. The first-order valence-corrected chi connectivity index (χ1v) is 22.6. The van der Waals surface area contributed by atoms with Crippen molar-refractivity contribution < 1.29 is 37.6 Å². The van der Waals surface area contributed by atoms with Crippen molar-refractivity contribution in [3.05, 3.63) is 24.3 Å². The molecule has 8 nitrogen and oxygen atoms in total. The van der Waals surface area contributed by atoms with Gasteiger partial charge in [-0.1, -0.05) is 147 Å².